The molecule has 0 saturated heterocycles. The number of rotatable bonds is 13. The van der Waals surface area contributed by atoms with Crippen molar-refractivity contribution in [3.05, 3.63) is 191 Å². The minimum absolute atomic E-state index is 0.155. The first-order valence-electron chi connectivity index (χ1n) is 16.1. The molecule has 0 radical (unpaired) electrons. The molecule has 0 aliphatic heterocycles. The van der Waals surface area contributed by atoms with Gasteiger partial charge in [-0.15, -0.1) is 0 Å². The zero-order chi connectivity index (χ0) is 34.3. The van der Waals surface area contributed by atoms with E-state index >= 15 is 0 Å². The molecule has 0 bridgehead atoms. The summed E-state index contributed by atoms with van der Waals surface area (Å²) in [5, 5.41) is 0. The second kappa shape index (κ2) is 15.0. The van der Waals surface area contributed by atoms with Crippen molar-refractivity contribution in [2.24, 2.45) is 0 Å². The van der Waals surface area contributed by atoms with Crippen LogP contribution in [0.25, 0.3) is 0 Å². The average Bonchev–Trinajstić information content (AvgIpc) is 3.14. The topological polar surface area (TPSA) is 84.8 Å². The largest absolute Gasteiger partial charge is 0.487 e. The second-order valence-electron chi connectivity index (χ2n) is 12.3. The van der Waals surface area contributed by atoms with Gasteiger partial charge in [0.2, 0.25) is 11.3 Å². The molecule has 0 saturated carbocycles. The third kappa shape index (κ3) is 7.62. The summed E-state index contributed by atoms with van der Waals surface area (Å²) in [7, 11) is 1.53. The summed E-state index contributed by atoms with van der Waals surface area (Å²) in [5.74, 6) is 1.94. The minimum Gasteiger partial charge on any atom is -0.487 e. The van der Waals surface area contributed by atoms with Crippen molar-refractivity contribution in [2.45, 2.75) is 38.0 Å². The van der Waals surface area contributed by atoms with E-state index in [9.17, 15) is 8.76 Å². The molecular weight excluding hydrogens is 631 g/mol. The first-order valence-corrected chi connectivity index (χ1v) is 17.1. The van der Waals surface area contributed by atoms with Crippen LogP contribution in [-0.4, -0.2) is 30.1 Å². The smallest absolute Gasteiger partial charge is 0.234 e. The van der Waals surface area contributed by atoms with E-state index in [0.717, 1.165) is 39.3 Å². The van der Waals surface area contributed by atoms with E-state index in [1.165, 1.54) is 11.4 Å². The lowest BCUT2D eigenvalue weighted by atomic mass is 9.78. The van der Waals surface area contributed by atoms with Gasteiger partial charge in [-0.1, -0.05) is 129 Å². The number of nitrogens with zero attached hydrogens (tertiary/aromatic N) is 3. The van der Waals surface area contributed by atoms with E-state index in [4.69, 9.17) is 9.47 Å². The summed E-state index contributed by atoms with van der Waals surface area (Å²) in [6, 6.07) is 49.4. The Hall–Kier alpha value is -5.15. The molecule has 1 atom stereocenters. The van der Waals surface area contributed by atoms with Gasteiger partial charge in [0.15, 0.2) is 5.60 Å². The Morgan fingerprint density at radius 2 is 1.12 bits per heavy atom. The molecule has 6 aromatic rings. The molecule has 1 unspecified atom stereocenters. The zero-order valence-corrected chi connectivity index (χ0v) is 28.6. The molecule has 248 valence electrons. The van der Waals surface area contributed by atoms with Crippen molar-refractivity contribution >= 4 is 11.3 Å². The SMILES string of the molecule is CN(Cc1nccc(COc2ccc(C(C)(C)c3ccc(OC(c4ccccc4)(c4ccccc4)c4ccccc4)cc3)cc2)n1)S(=O)O. The molecule has 1 N–H and O–H groups in total. The van der Waals surface area contributed by atoms with E-state index < -0.39 is 16.9 Å². The van der Waals surface area contributed by atoms with E-state index in [-0.39, 0.29) is 18.6 Å². The molecule has 49 heavy (non-hydrogen) atoms. The summed E-state index contributed by atoms with van der Waals surface area (Å²) in [4.78, 5) is 8.64. The highest BCUT2D eigenvalue weighted by atomic mass is 32.2. The first-order chi connectivity index (χ1) is 23.8. The van der Waals surface area contributed by atoms with E-state index in [1.807, 2.05) is 30.3 Å². The van der Waals surface area contributed by atoms with Gasteiger partial charge in [0, 0.05) is 35.3 Å². The molecular formula is C41H39N3O4S. The van der Waals surface area contributed by atoms with Crippen LogP contribution in [-0.2, 0) is 35.4 Å². The minimum atomic E-state index is -2.09. The summed E-state index contributed by atoms with van der Waals surface area (Å²) >= 11 is -2.09. The Kier molecular flexibility index (Phi) is 10.3. The Bertz CT molecular complexity index is 1880. The van der Waals surface area contributed by atoms with Crippen LogP contribution in [0.5, 0.6) is 11.5 Å². The van der Waals surface area contributed by atoms with Gasteiger partial charge in [-0.25, -0.2) is 14.2 Å². The van der Waals surface area contributed by atoms with Crippen molar-refractivity contribution in [3.63, 3.8) is 0 Å². The number of aromatic nitrogens is 2. The summed E-state index contributed by atoms with van der Waals surface area (Å²) < 4.78 is 34.8. The Balaban J connectivity index is 1.20. The van der Waals surface area contributed by atoms with E-state index in [1.54, 1.807) is 12.3 Å². The van der Waals surface area contributed by atoms with Crippen LogP contribution in [0.3, 0.4) is 0 Å². The van der Waals surface area contributed by atoms with Gasteiger partial charge < -0.3 is 9.47 Å². The maximum Gasteiger partial charge on any atom is 0.234 e. The fourth-order valence-electron chi connectivity index (χ4n) is 5.96. The Labute approximate surface area is 290 Å². The summed E-state index contributed by atoms with van der Waals surface area (Å²) in [5.41, 5.74) is 4.99. The maximum absolute atomic E-state index is 11.3. The molecule has 0 spiro atoms. The van der Waals surface area contributed by atoms with Gasteiger partial charge in [-0.2, -0.15) is 4.31 Å². The van der Waals surface area contributed by atoms with Crippen molar-refractivity contribution < 1.29 is 18.2 Å². The zero-order valence-electron chi connectivity index (χ0n) is 27.8. The monoisotopic (exact) mass is 669 g/mol. The van der Waals surface area contributed by atoms with Crippen molar-refractivity contribution in [2.75, 3.05) is 7.05 Å². The second-order valence-corrected chi connectivity index (χ2v) is 13.4. The highest BCUT2D eigenvalue weighted by molar-refractivity contribution is 7.76. The molecule has 7 nitrogen and oxygen atoms in total. The fraction of sp³-hybridized carbons (Fsp3) is 0.171. The van der Waals surface area contributed by atoms with Crippen LogP contribution < -0.4 is 9.47 Å². The van der Waals surface area contributed by atoms with Crippen LogP contribution >= 0.6 is 0 Å². The van der Waals surface area contributed by atoms with Crippen LogP contribution in [0, 0.1) is 0 Å². The highest BCUT2D eigenvalue weighted by Crippen LogP contribution is 2.42. The third-order valence-electron chi connectivity index (χ3n) is 8.74. The van der Waals surface area contributed by atoms with Gasteiger partial charge in [0.1, 0.15) is 23.9 Å². The molecule has 5 aromatic carbocycles. The Morgan fingerprint density at radius 3 is 1.59 bits per heavy atom. The summed E-state index contributed by atoms with van der Waals surface area (Å²) in [6.45, 7) is 4.82. The number of hydrogen-bond donors (Lipinski definition) is 1. The molecule has 1 aromatic heterocycles. The number of ether oxygens (including phenoxy) is 2. The van der Waals surface area contributed by atoms with Gasteiger partial charge >= 0.3 is 0 Å². The third-order valence-corrected chi connectivity index (χ3v) is 9.41. The quantitative estimate of drug-likeness (QED) is 0.0984. The molecule has 0 fully saturated rings. The average molecular weight is 670 g/mol. The van der Waals surface area contributed by atoms with E-state index in [2.05, 4.69) is 133 Å². The molecule has 6 rings (SSSR count). The normalized spacial score (nSPS) is 12.4. The molecule has 0 aliphatic carbocycles. The van der Waals surface area contributed by atoms with Crippen molar-refractivity contribution in [1.29, 1.82) is 0 Å². The number of benzene rings is 5. The van der Waals surface area contributed by atoms with Crippen LogP contribution in [0.15, 0.2) is 152 Å². The predicted octanol–water partition coefficient (Wildman–Crippen LogP) is 8.32. The lowest BCUT2D eigenvalue weighted by Crippen LogP contribution is -2.36. The van der Waals surface area contributed by atoms with Gasteiger partial charge in [0.05, 0.1) is 12.2 Å². The maximum atomic E-state index is 11.3. The van der Waals surface area contributed by atoms with Crippen LogP contribution in [0.2, 0.25) is 0 Å². The number of hydrogen-bond acceptors (Lipinski definition) is 5. The van der Waals surface area contributed by atoms with Crippen LogP contribution in [0.4, 0.5) is 0 Å². The van der Waals surface area contributed by atoms with Gasteiger partial charge in [-0.3, -0.25) is 4.55 Å². The van der Waals surface area contributed by atoms with Crippen molar-refractivity contribution in [3.8, 4) is 11.5 Å². The van der Waals surface area contributed by atoms with Gasteiger partial charge in [0.25, 0.3) is 0 Å². The first kappa shape index (κ1) is 33.7. The molecule has 1 heterocycles. The Morgan fingerprint density at radius 1 is 0.653 bits per heavy atom. The molecule has 8 heteroatoms. The molecule has 0 amide bonds. The molecule has 0 aliphatic rings. The lowest BCUT2D eigenvalue weighted by molar-refractivity contribution is 0.155. The highest BCUT2D eigenvalue weighted by Gasteiger charge is 2.39. The lowest BCUT2D eigenvalue weighted by Gasteiger charge is -2.36. The van der Waals surface area contributed by atoms with Crippen molar-refractivity contribution in [1.82, 2.24) is 14.3 Å². The predicted molar refractivity (Wildman–Crippen MR) is 193 cm³/mol. The van der Waals surface area contributed by atoms with Crippen LogP contribution in [0.1, 0.15) is 53.2 Å². The fourth-order valence-corrected chi connectivity index (χ4v) is 6.18. The van der Waals surface area contributed by atoms with Gasteiger partial charge in [-0.05, 0) is 41.5 Å². The summed E-state index contributed by atoms with van der Waals surface area (Å²) in [6.07, 6.45) is 1.63. The van der Waals surface area contributed by atoms with E-state index in [0.29, 0.717) is 11.5 Å². The standard InChI is InChI=1S/C41H39N3O4S/c1-40(2,31-19-23-37(24-20-31)47-30-36-27-28-42-39(43-36)29-44(3)49(45)46)32-21-25-38(26-22-32)48-41(33-13-7-4-8-14-33,34-15-9-5-10-16-34)35-17-11-6-12-18-35/h4-28H,29-30H2,1-3H3,(H,45,46).